The Morgan fingerprint density at radius 1 is 0.783 bits per heavy atom. The summed E-state index contributed by atoms with van der Waals surface area (Å²) in [5.74, 6) is 3.86. The average Bonchev–Trinajstić information content (AvgIpc) is 2.85. The molecular formula is C21H26S2. The van der Waals surface area contributed by atoms with E-state index in [1.165, 1.54) is 58.8 Å². The standard InChI is InChI=1S/C21H26S2/c1-3-4-14-22-15-9-16-23-21(2)19-12-7-5-10-17(19)18-11-6-8-13-20(18)21/h5-8,10-13H,3-4,9,14-16H2,1-2H3. The number of rotatable bonds is 8. The molecule has 0 N–H and O–H groups in total. The van der Waals surface area contributed by atoms with Crippen molar-refractivity contribution in [2.75, 3.05) is 17.3 Å². The van der Waals surface area contributed by atoms with Crippen molar-refractivity contribution < 1.29 is 0 Å². The molecule has 3 rings (SSSR count). The highest BCUT2D eigenvalue weighted by Gasteiger charge is 2.38. The fourth-order valence-electron chi connectivity index (χ4n) is 3.35. The normalized spacial score (nSPS) is 14.5. The van der Waals surface area contributed by atoms with Crippen molar-refractivity contribution in [1.82, 2.24) is 0 Å². The summed E-state index contributed by atoms with van der Waals surface area (Å²) in [6.07, 6.45) is 3.97. The summed E-state index contributed by atoms with van der Waals surface area (Å²) >= 11 is 4.24. The minimum absolute atomic E-state index is 0.112. The lowest BCUT2D eigenvalue weighted by Crippen LogP contribution is -2.16. The van der Waals surface area contributed by atoms with Gasteiger partial charge in [-0.05, 0) is 59.3 Å². The fourth-order valence-corrected chi connectivity index (χ4v) is 5.95. The molecule has 0 fully saturated rings. The van der Waals surface area contributed by atoms with Crippen LogP contribution in [0.2, 0.25) is 0 Å². The quantitative estimate of drug-likeness (QED) is 0.496. The number of thioether (sulfide) groups is 2. The van der Waals surface area contributed by atoms with Gasteiger partial charge in [0, 0.05) is 0 Å². The van der Waals surface area contributed by atoms with E-state index in [4.69, 9.17) is 0 Å². The maximum Gasteiger partial charge on any atom is 0.0640 e. The number of unbranched alkanes of at least 4 members (excludes halogenated alkanes) is 1. The third kappa shape index (κ3) is 3.49. The van der Waals surface area contributed by atoms with Gasteiger partial charge in [0.1, 0.15) is 0 Å². The van der Waals surface area contributed by atoms with Gasteiger partial charge in [0.15, 0.2) is 0 Å². The number of hydrogen-bond acceptors (Lipinski definition) is 2. The van der Waals surface area contributed by atoms with E-state index in [-0.39, 0.29) is 4.75 Å². The zero-order valence-corrected chi connectivity index (χ0v) is 15.8. The zero-order chi connectivity index (χ0) is 16.1. The molecular weight excluding hydrogens is 316 g/mol. The van der Waals surface area contributed by atoms with Gasteiger partial charge >= 0.3 is 0 Å². The van der Waals surface area contributed by atoms with E-state index < -0.39 is 0 Å². The van der Waals surface area contributed by atoms with Crippen molar-refractivity contribution in [3.8, 4) is 11.1 Å². The Morgan fingerprint density at radius 3 is 1.96 bits per heavy atom. The highest BCUT2D eigenvalue weighted by molar-refractivity contribution is 8.00. The van der Waals surface area contributed by atoms with Gasteiger partial charge in [0.25, 0.3) is 0 Å². The molecule has 23 heavy (non-hydrogen) atoms. The van der Waals surface area contributed by atoms with Gasteiger partial charge in [-0.25, -0.2) is 0 Å². The molecule has 0 amide bonds. The smallest absolute Gasteiger partial charge is 0.0640 e. The van der Waals surface area contributed by atoms with Crippen LogP contribution in [0, 0.1) is 0 Å². The maximum absolute atomic E-state index is 2.41. The number of fused-ring (bicyclic) bond motifs is 3. The van der Waals surface area contributed by atoms with Crippen molar-refractivity contribution >= 4 is 23.5 Å². The Balaban J connectivity index is 1.68. The molecule has 1 aliphatic rings. The minimum atomic E-state index is 0.112. The Kier molecular flexibility index (Phi) is 5.76. The zero-order valence-electron chi connectivity index (χ0n) is 14.2. The predicted molar refractivity (Wildman–Crippen MR) is 108 cm³/mol. The lowest BCUT2D eigenvalue weighted by molar-refractivity contribution is 0.863. The molecule has 0 radical (unpaired) electrons. The van der Waals surface area contributed by atoms with E-state index in [1.54, 1.807) is 0 Å². The Morgan fingerprint density at radius 2 is 1.35 bits per heavy atom. The SMILES string of the molecule is CCCCSCCCSC1(C)c2ccccc2-c2ccccc21. The second-order valence-electron chi connectivity index (χ2n) is 6.29. The Bertz CT molecular complexity index is 602. The minimum Gasteiger partial charge on any atom is -0.162 e. The molecule has 0 spiro atoms. The van der Waals surface area contributed by atoms with Crippen molar-refractivity contribution in [3.63, 3.8) is 0 Å². The largest absolute Gasteiger partial charge is 0.162 e. The number of benzene rings is 2. The van der Waals surface area contributed by atoms with E-state index >= 15 is 0 Å². The van der Waals surface area contributed by atoms with Crippen molar-refractivity contribution in [3.05, 3.63) is 59.7 Å². The maximum atomic E-state index is 2.41. The van der Waals surface area contributed by atoms with Gasteiger partial charge in [-0.2, -0.15) is 11.8 Å². The van der Waals surface area contributed by atoms with E-state index in [0.717, 1.165) is 0 Å². The highest BCUT2D eigenvalue weighted by atomic mass is 32.2. The van der Waals surface area contributed by atoms with Crippen LogP contribution in [0.5, 0.6) is 0 Å². The third-order valence-corrected chi connectivity index (χ3v) is 7.30. The molecule has 2 aromatic carbocycles. The fraction of sp³-hybridized carbons (Fsp3) is 0.429. The summed E-state index contributed by atoms with van der Waals surface area (Å²) in [5, 5.41) is 0. The van der Waals surface area contributed by atoms with Crippen molar-refractivity contribution in [2.45, 2.75) is 37.9 Å². The summed E-state index contributed by atoms with van der Waals surface area (Å²) in [7, 11) is 0. The predicted octanol–water partition coefficient (Wildman–Crippen LogP) is 6.59. The van der Waals surface area contributed by atoms with Crippen LogP contribution in [0.1, 0.15) is 44.2 Å². The van der Waals surface area contributed by atoms with E-state index in [1.807, 2.05) is 0 Å². The monoisotopic (exact) mass is 342 g/mol. The van der Waals surface area contributed by atoms with Gasteiger partial charge in [-0.1, -0.05) is 61.9 Å². The van der Waals surface area contributed by atoms with Crippen molar-refractivity contribution in [1.29, 1.82) is 0 Å². The first-order valence-corrected chi connectivity index (χ1v) is 10.8. The van der Waals surface area contributed by atoms with Gasteiger partial charge < -0.3 is 0 Å². The van der Waals surface area contributed by atoms with Gasteiger partial charge in [-0.3, -0.25) is 0 Å². The highest BCUT2D eigenvalue weighted by Crippen LogP contribution is 2.54. The topological polar surface area (TPSA) is 0 Å². The van der Waals surface area contributed by atoms with Crippen LogP contribution < -0.4 is 0 Å². The first-order chi connectivity index (χ1) is 11.3. The summed E-state index contributed by atoms with van der Waals surface area (Å²) in [4.78, 5) is 0. The molecule has 0 heterocycles. The molecule has 0 atom stereocenters. The molecule has 0 aromatic heterocycles. The van der Waals surface area contributed by atoms with Crippen LogP contribution in [0.15, 0.2) is 48.5 Å². The van der Waals surface area contributed by atoms with Crippen LogP contribution in [0.4, 0.5) is 0 Å². The van der Waals surface area contributed by atoms with Crippen LogP contribution in [0.3, 0.4) is 0 Å². The second-order valence-corrected chi connectivity index (χ2v) is 9.03. The van der Waals surface area contributed by atoms with Crippen LogP contribution in [-0.2, 0) is 4.75 Å². The molecule has 1 aliphatic carbocycles. The first kappa shape index (κ1) is 17.0. The lowest BCUT2D eigenvalue weighted by atomic mass is 9.98. The molecule has 0 saturated carbocycles. The van der Waals surface area contributed by atoms with E-state index in [0.29, 0.717) is 0 Å². The molecule has 0 aliphatic heterocycles. The molecule has 2 heteroatoms. The molecule has 122 valence electrons. The second kappa shape index (κ2) is 7.81. The Labute approximate surface area is 149 Å². The molecule has 0 bridgehead atoms. The molecule has 0 saturated heterocycles. The van der Waals surface area contributed by atoms with E-state index in [9.17, 15) is 0 Å². The van der Waals surface area contributed by atoms with Crippen molar-refractivity contribution in [2.24, 2.45) is 0 Å². The molecule has 0 unspecified atom stereocenters. The first-order valence-electron chi connectivity index (χ1n) is 8.68. The van der Waals surface area contributed by atoms with E-state index in [2.05, 4.69) is 85.9 Å². The number of hydrogen-bond donors (Lipinski definition) is 0. The molecule has 0 nitrogen and oxygen atoms in total. The van der Waals surface area contributed by atoms with Gasteiger partial charge in [0.2, 0.25) is 0 Å². The average molecular weight is 343 g/mol. The summed E-state index contributed by atoms with van der Waals surface area (Å²) in [5.41, 5.74) is 5.83. The summed E-state index contributed by atoms with van der Waals surface area (Å²) in [6, 6.07) is 17.9. The third-order valence-electron chi connectivity index (χ3n) is 4.64. The summed E-state index contributed by atoms with van der Waals surface area (Å²) < 4.78 is 0.112. The van der Waals surface area contributed by atoms with Gasteiger partial charge in [-0.15, -0.1) is 11.8 Å². The lowest BCUT2D eigenvalue weighted by Gasteiger charge is -2.26. The van der Waals surface area contributed by atoms with Gasteiger partial charge in [0.05, 0.1) is 4.75 Å². The molecule has 2 aromatic rings. The van der Waals surface area contributed by atoms with Crippen LogP contribution >= 0.6 is 23.5 Å². The Hall–Kier alpha value is -0.860. The van der Waals surface area contributed by atoms with Crippen LogP contribution in [-0.4, -0.2) is 17.3 Å². The van der Waals surface area contributed by atoms with Crippen LogP contribution in [0.25, 0.3) is 11.1 Å². The summed E-state index contributed by atoms with van der Waals surface area (Å²) in [6.45, 7) is 4.68.